The number of hydrogen-bond donors (Lipinski definition) is 3. The van der Waals surface area contributed by atoms with Crippen LogP contribution in [0.3, 0.4) is 0 Å². The minimum atomic E-state index is -0.525. The second-order valence-corrected chi connectivity index (χ2v) is 9.73. The van der Waals surface area contributed by atoms with Crippen molar-refractivity contribution in [1.29, 1.82) is 0 Å². The second-order valence-electron chi connectivity index (χ2n) is 9.73. The van der Waals surface area contributed by atoms with Gasteiger partial charge in [0.2, 0.25) is 0 Å². The zero-order valence-corrected chi connectivity index (χ0v) is 22.9. The number of aromatic nitrogens is 3. The number of rotatable bonds is 8. The van der Waals surface area contributed by atoms with Crippen LogP contribution in [0.4, 0.5) is 4.79 Å². The number of ether oxygens (including phenoxy) is 1. The lowest BCUT2D eigenvalue weighted by Gasteiger charge is -2.27. The van der Waals surface area contributed by atoms with Crippen LogP contribution >= 0.6 is 24.0 Å². The molecule has 0 fully saturated rings. The molecular weight excluding hydrogens is 521 g/mol. The Hall–Kier alpha value is -1.59. The van der Waals surface area contributed by atoms with Crippen molar-refractivity contribution in [3.05, 3.63) is 11.6 Å². The predicted molar refractivity (Wildman–Crippen MR) is 139 cm³/mol. The highest BCUT2D eigenvalue weighted by Gasteiger charge is 2.24. The van der Waals surface area contributed by atoms with Crippen molar-refractivity contribution in [3.63, 3.8) is 0 Å². The van der Waals surface area contributed by atoms with E-state index in [9.17, 15) is 4.79 Å². The molecule has 1 amide bonds. The molecule has 10 heteroatoms. The van der Waals surface area contributed by atoms with E-state index in [-0.39, 0.29) is 24.0 Å². The number of aliphatic imine (C=N–C) groups is 1. The Morgan fingerprint density at radius 1 is 1.12 bits per heavy atom. The minimum Gasteiger partial charge on any atom is -0.444 e. The molecule has 0 saturated heterocycles. The highest BCUT2D eigenvalue weighted by Crippen LogP contribution is 2.15. The number of halogens is 1. The number of hydrogen-bond acceptors (Lipinski definition) is 5. The van der Waals surface area contributed by atoms with Crippen LogP contribution in [0.1, 0.15) is 78.9 Å². The fourth-order valence-electron chi connectivity index (χ4n) is 3.42. The van der Waals surface area contributed by atoms with E-state index in [2.05, 4.69) is 35.7 Å². The first-order valence-corrected chi connectivity index (χ1v) is 11.5. The fourth-order valence-corrected chi connectivity index (χ4v) is 3.42. The van der Waals surface area contributed by atoms with E-state index < -0.39 is 17.2 Å². The van der Waals surface area contributed by atoms with Gasteiger partial charge in [-0.25, -0.2) is 4.79 Å². The maximum atomic E-state index is 12.1. The summed E-state index contributed by atoms with van der Waals surface area (Å²) < 4.78 is 7.65. The Morgan fingerprint density at radius 3 is 2.56 bits per heavy atom. The monoisotopic (exact) mass is 563 g/mol. The molecular formula is C22H42IN7O2. The smallest absolute Gasteiger partial charge is 0.408 e. The Kier molecular flexibility index (Phi) is 11.7. The topological polar surface area (TPSA) is 105 Å². The van der Waals surface area contributed by atoms with Crippen molar-refractivity contribution >= 4 is 36.0 Å². The molecule has 2 rings (SSSR count). The van der Waals surface area contributed by atoms with E-state index in [0.717, 1.165) is 56.5 Å². The molecule has 0 saturated carbocycles. The van der Waals surface area contributed by atoms with Gasteiger partial charge in [0, 0.05) is 32.5 Å². The first-order chi connectivity index (χ1) is 14.6. The van der Waals surface area contributed by atoms with Gasteiger partial charge in [0.05, 0.1) is 12.1 Å². The molecule has 2 heterocycles. The summed E-state index contributed by atoms with van der Waals surface area (Å²) in [7, 11) is 0. The second kappa shape index (κ2) is 13.2. The molecule has 0 spiro atoms. The molecule has 3 N–H and O–H groups in total. The molecule has 0 radical (unpaired) electrons. The highest BCUT2D eigenvalue weighted by molar-refractivity contribution is 14.0. The molecule has 0 aliphatic carbocycles. The third kappa shape index (κ3) is 10.4. The first-order valence-electron chi connectivity index (χ1n) is 11.5. The van der Waals surface area contributed by atoms with Crippen molar-refractivity contribution in [2.75, 3.05) is 19.6 Å². The number of guanidine groups is 1. The van der Waals surface area contributed by atoms with Crippen molar-refractivity contribution in [2.45, 2.75) is 97.8 Å². The summed E-state index contributed by atoms with van der Waals surface area (Å²) in [5, 5.41) is 18.3. The molecule has 184 valence electrons. The molecule has 0 atom stereocenters. The summed E-state index contributed by atoms with van der Waals surface area (Å²) >= 11 is 0. The van der Waals surface area contributed by atoms with Gasteiger partial charge in [-0.2, -0.15) is 0 Å². The molecule has 1 aromatic rings. The van der Waals surface area contributed by atoms with Gasteiger partial charge in [-0.3, -0.25) is 4.99 Å². The maximum Gasteiger partial charge on any atom is 0.408 e. The van der Waals surface area contributed by atoms with Crippen LogP contribution in [0.2, 0.25) is 0 Å². The van der Waals surface area contributed by atoms with E-state index in [0.29, 0.717) is 6.54 Å². The zero-order chi connectivity index (χ0) is 22.9. The van der Waals surface area contributed by atoms with Gasteiger partial charge in [-0.05, 0) is 60.8 Å². The average molecular weight is 564 g/mol. The van der Waals surface area contributed by atoms with Gasteiger partial charge in [0.1, 0.15) is 17.2 Å². The number of aryl methyl sites for hydroxylation is 2. The number of nitrogens with zero attached hydrogens (tertiary/aromatic N) is 4. The number of amides is 1. The quantitative estimate of drug-likeness (QED) is 0.194. The molecule has 9 nitrogen and oxygen atoms in total. The van der Waals surface area contributed by atoms with Crippen LogP contribution in [-0.2, 0) is 24.1 Å². The summed E-state index contributed by atoms with van der Waals surface area (Å²) in [6.07, 6.45) is 6.13. The van der Waals surface area contributed by atoms with Gasteiger partial charge >= 0.3 is 6.09 Å². The van der Waals surface area contributed by atoms with Crippen LogP contribution in [0.15, 0.2) is 4.99 Å². The van der Waals surface area contributed by atoms with Crippen LogP contribution in [0.25, 0.3) is 0 Å². The SMILES string of the molecule is CCNC(=NCC(C)(C)NC(=O)OC(C)(C)C)NCCCc1nnc2n1CCCCC2.I. The maximum absolute atomic E-state index is 12.1. The summed E-state index contributed by atoms with van der Waals surface area (Å²) in [6.45, 7) is 14.5. The van der Waals surface area contributed by atoms with Gasteiger partial charge < -0.3 is 25.3 Å². The Labute approximate surface area is 210 Å². The number of alkyl carbamates (subject to hydrolysis) is 1. The van der Waals surface area contributed by atoms with Crippen molar-refractivity contribution in [1.82, 2.24) is 30.7 Å². The van der Waals surface area contributed by atoms with Crippen LogP contribution in [0.5, 0.6) is 0 Å². The van der Waals surface area contributed by atoms with Crippen LogP contribution < -0.4 is 16.0 Å². The third-order valence-electron chi connectivity index (χ3n) is 4.87. The first kappa shape index (κ1) is 28.4. The average Bonchev–Trinajstić information content (AvgIpc) is 2.87. The fraction of sp³-hybridized carbons (Fsp3) is 0.818. The van der Waals surface area contributed by atoms with E-state index in [4.69, 9.17) is 4.74 Å². The van der Waals surface area contributed by atoms with Crippen molar-refractivity contribution in [3.8, 4) is 0 Å². The summed E-state index contributed by atoms with van der Waals surface area (Å²) in [6, 6.07) is 0. The Bertz CT molecular complexity index is 741. The lowest BCUT2D eigenvalue weighted by molar-refractivity contribution is 0.0476. The van der Waals surface area contributed by atoms with Gasteiger partial charge in [0.15, 0.2) is 5.96 Å². The lowest BCUT2D eigenvalue weighted by atomic mass is 10.1. The minimum absolute atomic E-state index is 0. The molecule has 0 bridgehead atoms. The molecule has 32 heavy (non-hydrogen) atoms. The van der Waals surface area contributed by atoms with Gasteiger partial charge in [0.25, 0.3) is 0 Å². The summed E-state index contributed by atoms with van der Waals surface area (Å²) in [4.78, 5) is 16.7. The van der Waals surface area contributed by atoms with Crippen LogP contribution in [0, 0.1) is 0 Å². The predicted octanol–water partition coefficient (Wildman–Crippen LogP) is 3.41. The largest absolute Gasteiger partial charge is 0.444 e. The molecule has 1 aromatic heterocycles. The van der Waals surface area contributed by atoms with E-state index in [1.165, 1.54) is 19.3 Å². The van der Waals surface area contributed by atoms with Crippen LogP contribution in [-0.4, -0.2) is 57.6 Å². The molecule has 1 aliphatic rings. The molecule has 1 aliphatic heterocycles. The standard InChI is InChI=1S/C22H41N7O2.HI/c1-7-23-19(25-16-22(5,6)26-20(30)31-21(2,3)4)24-14-11-13-18-28-27-17-12-9-8-10-15-29(17)18;/h7-16H2,1-6H3,(H,26,30)(H2,23,24,25);1H. The Balaban J connectivity index is 0.00000512. The molecule has 0 aromatic carbocycles. The van der Waals surface area contributed by atoms with Gasteiger partial charge in [-0.15, -0.1) is 34.2 Å². The zero-order valence-electron chi connectivity index (χ0n) is 20.6. The number of nitrogens with one attached hydrogen (secondary N) is 3. The number of carbonyl (C=O) groups is 1. The van der Waals surface area contributed by atoms with Gasteiger partial charge in [-0.1, -0.05) is 6.42 Å². The van der Waals surface area contributed by atoms with Crippen molar-refractivity contribution < 1.29 is 9.53 Å². The highest BCUT2D eigenvalue weighted by atomic mass is 127. The summed E-state index contributed by atoms with van der Waals surface area (Å²) in [5.74, 6) is 2.96. The Morgan fingerprint density at radius 2 is 1.88 bits per heavy atom. The normalized spacial score (nSPS) is 14.6. The van der Waals surface area contributed by atoms with E-state index in [1.807, 2.05) is 41.5 Å². The third-order valence-corrected chi connectivity index (χ3v) is 4.87. The summed E-state index contributed by atoms with van der Waals surface area (Å²) in [5.41, 5.74) is -1.05. The number of carbonyl (C=O) groups excluding carboxylic acids is 1. The lowest BCUT2D eigenvalue weighted by Crippen LogP contribution is -2.49. The molecule has 0 unspecified atom stereocenters. The van der Waals surface area contributed by atoms with E-state index in [1.54, 1.807) is 0 Å². The van der Waals surface area contributed by atoms with Crippen molar-refractivity contribution in [2.24, 2.45) is 4.99 Å². The number of fused-ring (bicyclic) bond motifs is 1. The van der Waals surface area contributed by atoms with E-state index >= 15 is 0 Å².